The van der Waals surface area contributed by atoms with Gasteiger partial charge in [-0.1, -0.05) is 40.2 Å². The molecule has 1 aliphatic rings. The van der Waals surface area contributed by atoms with E-state index in [2.05, 4.69) is 60.4 Å². The Balaban J connectivity index is 0.00000225. The summed E-state index contributed by atoms with van der Waals surface area (Å²) in [6, 6.07) is 0. The molecule has 0 aromatic heterocycles. The quantitative estimate of drug-likeness (QED) is 0.614. The second-order valence-electron chi connectivity index (χ2n) is 6.48. The largest absolute Gasteiger partial charge is 0.377 e. The molecule has 0 radical (unpaired) electrons. The molecule has 1 saturated heterocycles. The molecule has 1 rings (SSSR count). The molecule has 0 aliphatic carbocycles. The molecule has 1 nitrogen and oxygen atoms in total. The van der Waals surface area contributed by atoms with Gasteiger partial charge < -0.3 is 4.90 Å². The molecule has 1 atom stereocenters. The molecule has 1 fully saturated rings. The third kappa shape index (κ3) is 2.11. The van der Waals surface area contributed by atoms with Crippen LogP contribution in [-0.2, 0) is 0 Å². The zero-order valence-electron chi connectivity index (χ0n) is 12.1. The zero-order valence-corrected chi connectivity index (χ0v) is 13.0. The van der Waals surface area contributed by atoms with Gasteiger partial charge in [-0.3, -0.25) is 0 Å². The first kappa shape index (κ1) is 15.8. The highest BCUT2D eigenvalue weighted by Gasteiger charge is 2.48. The normalized spacial score (nSPS) is 27.4. The highest BCUT2D eigenvalue weighted by Crippen LogP contribution is 2.54. The van der Waals surface area contributed by atoms with Crippen LogP contribution in [0.2, 0.25) is 0 Å². The van der Waals surface area contributed by atoms with Crippen LogP contribution in [0.4, 0.5) is 0 Å². The van der Waals surface area contributed by atoms with Crippen molar-refractivity contribution in [2.24, 2.45) is 16.7 Å². The summed E-state index contributed by atoms with van der Waals surface area (Å²) in [4.78, 5) is 2.45. The van der Waals surface area contributed by atoms with Crippen LogP contribution in [0, 0.1) is 16.7 Å². The maximum absolute atomic E-state index is 2.45. The zero-order chi connectivity index (χ0) is 12.0. The number of allylic oxidation sites excluding steroid dienone is 2. The number of likely N-dealkylation sites (tertiary alicyclic amines) is 1. The van der Waals surface area contributed by atoms with E-state index in [-0.39, 0.29) is 17.8 Å². The van der Waals surface area contributed by atoms with Crippen molar-refractivity contribution in [1.82, 2.24) is 4.90 Å². The highest BCUT2D eigenvalue weighted by atomic mass is 35.5. The van der Waals surface area contributed by atoms with Crippen molar-refractivity contribution in [3.63, 3.8) is 0 Å². The van der Waals surface area contributed by atoms with E-state index in [1.54, 1.807) is 0 Å². The molecule has 0 spiro atoms. The van der Waals surface area contributed by atoms with Gasteiger partial charge in [-0.05, 0) is 25.2 Å². The minimum absolute atomic E-state index is 0. The van der Waals surface area contributed by atoms with E-state index >= 15 is 0 Å². The summed E-state index contributed by atoms with van der Waals surface area (Å²) < 4.78 is 0. The molecule has 0 N–H and O–H groups in total. The summed E-state index contributed by atoms with van der Waals surface area (Å²) >= 11 is 0. The Morgan fingerprint density at radius 3 is 2.00 bits per heavy atom. The first-order chi connectivity index (χ1) is 6.62. The summed E-state index contributed by atoms with van der Waals surface area (Å²) in [6.07, 6.45) is 0. The third-order valence-electron chi connectivity index (χ3n) is 4.84. The highest BCUT2D eigenvalue weighted by molar-refractivity contribution is 5.85. The fourth-order valence-corrected chi connectivity index (χ4v) is 3.14. The Bertz CT molecular complexity index is 285. The molecule has 16 heavy (non-hydrogen) atoms. The van der Waals surface area contributed by atoms with Crippen LogP contribution in [0.1, 0.15) is 48.5 Å². The van der Waals surface area contributed by atoms with Crippen LogP contribution in [0.25, 0.3) is 0 Å². The number of hydrogen-bond acceptors (Lipinski definition) is 1. The van der Waals surface area contributed by atoms with Crippen LogP contribution in [0.15, 0.2) is 11.3 Å². The van der Waals surface area contributed by atoms with E-state index in [4.69, 9.17) is 0 Å². The molecule has 2 heteroatoms. The van der Waals surface area contributed by atoms with Gasteiger partial charge in [0.2, 0.25) is 0 Å². The Morgan fingerprint density at radius 2 is 1.62 bits per heavy atom. The minimum Gasteiger partial charge on any atom is -0.377 e. The SMILES string of the molecule is CC(C)=C1N(C)CC(C)C(C)(C)C1(C)C.Cl. The van der Waals surface area contributed by atoms with Crippen LogP contribution in [0.5, 0.6) is 0 Å². The van der Waals surface area contributed by atoms with Crippen molar-refractivity contribution in [2.75, 3.05) is 13.6 Å². The molecule has 1 aliphatic heterocycles. The fourth-order valence-electron chi connectivity index (χ4n) is 3.14. The fraction of sp³-hybridized carbons (Fsp3) is 0.857. The Hall–Kier alpha value is -0.170. The Kier molecular flexibility index (Phi) is 4.55. The summed E-state index contributed by atoms with van der Waals surface area (Å²) in [6.45, 7) is 17.6. The van der Waals surface area contributed by atoms with Gasteiger partial charge in [-0.15, -0.1) is 12.4 Å². The number of piperidine rings is 1. The molecule has 1 heterocycles. The topological polar surface area (TPSA) is 3.24 Å². The van der Waals surface area contributed by atoms with Crippen molar-refractivity contribution in [3.8, 4) is 0 Å². The van der Waals surface area contributed by atoms with Crippen LogP contribution in [-0.4, -0.2) is 18.5 Å². The van der Waals surface area contributed by atoms with Gasteiger partial charge in [0.15, 0.2) is 0 Å². The van der Waals surface area contributed by atoms with E-state index in [1.807, 2.05) is 0 Å². The van der Waals surface area contributed by atoms with E-state index < -0.39 is 0 Å². The maximum Gasteiger partial charge on any atom is 0.0203 e. The molecule has 0 bridgehead atoms. The van der Waals surface area contributed by atoms with E-state index in [1.165, 1.54) is 17.8 Å². The Morgan fingerprint density at radius 1 is 1.19 bits per heavy atom. The van der Waals surface area contributed by atoms with Crippen molar-refractivity contribution in [1.29, 1.82) is 0 Å². The molecule has 0 aromatic rings. The first-order valence-electron chi connectivity index (χ1n) is 6.01. The predicted octanol–water partition coefficient (Wildman–Crippen LogP) is 4.34. The number of nitrogens with zero attached hydrogens (tertiary/aromatic N) is 1. The molecule has 0 amide bonds. The van der Waals surface area contributed by atoms with Gasteiger partial charge in [0.1, 0.15) is 0 Å². The number of halogens is 1. The monoisotopic (exact) mass is 245 g/mol. The second kappa shape index (κ2) is 4.60. The van der Waals surface area contributed by atoms with E-state index in [0.717, 1.165) is 5.92 Å². The van der Waals surface area contributed by atoms with E-state index in [0.29, 0.717) is 5.41 Å². The van der Waals surface area contributed by atoms with Gasteiger partial charge in [0, 0.05) is 24.7 Å². The smallest absolute Gasteiger partial charge is 0.0203 e. The predicted molar refractivity (Wildman–Crippen MR) is 75.0 cm³/mol. The third-order valence-corrected chi connectivity index (χ3v) is 4.84. The molecule has 0 aromatic carbocycles. The van der Waals surface area contributed by atoms with E-state index in [9.17, 15) is 0 Å². The number of rotatable bonds is 0. The minimum atomic E-state index is 0. The number of hydrogen-bond donors (Lipinski definition) is 0. The molecule has 1 unspecified atom stereocenters. The molecular weight excluding hydrogens is 218 g/mol. The standard InChI is InChI=1S/C14H27N.ClH/c1-10(2)12-14(6,7)13(4,5)11(3)9-15(12)8;/h11H,9H2,1-8H3;1H. The summed E-state index contributed by atoms with van der Waals surface area (Å²) in [7, 11) is 2.23. The summed E-state index contributed by atoms with van der Waals surface area (Å²) in [5.74, 6) is 0.737. The van der Waals surface area contributed by atoms with Gasteiger partial charge in [-0.2, -0.15) is 0 Å². The first-order valence-corrected chi connectivity index (χ1v) is 6.01. The average Bonchev–Trinajstić information content (AvgIpc) is 1.99. The summed E-state index contributed by atoms with van der Waals surface area (Å²) in [5, 5.41) is 0. The average molecular weight is 246 g/mol. The lowest BCUT2D eigenvalue weighted by molar-refractivity contribution is -0.000814. The van der Waals surface area contributed by atoms with Gasteiger partial charge in [-0.25, -0.2) is 0 Å². The molecule has 96 valence electrons. The Labute approximate surface area is 108 Å². The second-order valence-corrected chi connectivity index (χ2v) is 6.48. The van der Waals surface area contributed by atoms with Crippen LogP contribution < -0.4 is 0 Å². The van der Waals surface area contributed by atoms with Crippen molar-refractivity contribution < 1.29 is 0 Å². The van der Waals surface area contributed by atoms with Crippen molar-refractivity contribution >= 4 is 12.4 Å². The van der Waals surface area contributed by atoms with Gasteiger partial charge in [0.25, 0.3) is 0 Å². The van der Waals surface area contributed by atoms with Crippen molar-refractivity contribution in [3.05, 3.63) is 11.3 Å². The molecule has 0 saturated carbocycles. The van der Waals surface area contributed by atoms with Gasteiger partial charge >= 0.3 is 0 Å². The van der Waals surface area contributed by atoms with Crippen molar-refractivity contribution in [2.45, 2.75) is 48.5 Å². The summed E-state index contributed by atoms with van der Waals surface area (Å²) in [5.41, 5.74) is 3.62. The lowest BCUT2D eigenvalue weighted by atomic mass is 9.57. The van der Waals surface area contributed by atoms with Crippen LogP contribution in [0.3, 0.4) is 0 Å². The van der Waals surface area contributed by atoms with Gasteiger partial charge in [0.05, 0.1) is 0 Å². The molecular formula is C14H28ClN. The lowest BCUT2D eigenvalue weighted by Crippen LogP contribution is -2.52. The lowest BCUT2D eigenvalue weighted by Gasteiger charge is -2.56. The maximum atomic E-state index is 2.45. The van der Waals surface area contributed by atoms with Crippen LogP contribution >= 0.6 is 12.4 Å².